The maximum atomic E-state index is 11.6. The Balaban J connectivity index is 1.83. The van der Waals surface area contributed by atoms with Gasteiger partial charge in [-0.3, -0.25) is 4.72 Å². The first-order valence-electron chi connectivity index (χ1n) is 7.49. The van der Waals surface area contributed by atoms with Crippen LogP contribution in [0.25, 0.3) is 0 Å². The summed E-state index contributed by atoms with van der Waals surface area (Å²) in [5.41, 5.74) is 0.426. The molecule has 0 atom stereocenters. The molecule has 0 spiro atoms. The molecule has 1 aliphatic rings. The van der Waals surface area contributed by atoms with Crippen molar-refractivity contribution in [1.82, 2.24) is 9.88 Å². The summed E-state index contributed by atoms with van der Waals surface area (Å²) >= 11 is 0. The Bertz CT molecular complexity index is 625. The van der Waals surface area contributed by atoms with E-state index in [1.165, 1.54) is 6.20 Å². The van der Waals surface area contributed by atoms with Crippen LogP contribution in [0.1, 0.15) is 19.8 Å². The molecule has 1 aliphatic heterocycles. The number of sulfonamides is 1. The molecule has 128 valence electrons. The zero-order valence-corrected chi connectivity index (χ0v) is 14.1. The first-order chi connectivity index (χ1) is 10.9. The van der Waals surface area contributed by atoms with Crippen LogP contribution in [-0.4, -0.2) is 56.4 Å². The van der Waals surface area contributed by atoms with Gasteiger partial charge in [0.1, 0.15) is 5.82 Å². The van der Waals surface area contributed by atoms with Crippen molar-refractivity contribution in [1.29, 1.82) is 0 Å². The van der Waals surface area contributed by atoms with E-state index in [-0.39, 0.29) is 12.1 Å². The van der Waals surface area contributed by atoms with E-state index in [9.17, 15) is 13.2 Å². The third-order valence-corrected chi connectivity index (χ3v) is 4.05. The van der Waals surface area contributed by atoms with Crippen molar-refractivity contribution < 1.29 is 17.9 Å². The standard InChI is InChI=1S/C14H22N4O4S/c1-3-22-14(19)18-8-6-11(7-9-18)16-13-5-4-12(10-15-13)17-23(2,20)21/h4-5,10-11,17H,3,6-9H2,1-2H3,(H,15,16). The highest BCUT2D eigenvalue weighted by Crippen LogP contribution is 2.17. The molecule has 1 aromatic heterocycles. The number of piperidine rings is 1. The second-order valence-corrected chi connectivity index (χ2v) is 7.16. The lowest BCUT2D eigenvalue weighted by Gasteiger charge is -2.31. The smallest absolute Gasteiger partial charge is 0.409 e. The van der Waals surface area contributed by atoms with E-state index < -0.39 is 10.0 Å². The van der Waals surface area contributed by atoms with Crippen molar-refractivity contribution in [3.63, 3.8) is 0 Å². The zero-order valence-electron chi connectivity index (χ0n) is 13.3. The van der Waals surface area contributed by atoms with Gasteiger partial charge in [-0.1, -0.05) is 0 Å². The fraction of sp³-hybridized carbons (Fsp3) is 0.571. The van der Waals surface area contributed by atoms with Crippen LogP contribution < -0.4 is 10.0 Å². The number of amides is 1. The van der Waals surface area contributed by atoms with Crippen molar-refractivity contribution in [3.05, 3.63) is 18.3 Å². The number of hydrogen-bond donors (Lipinski definition) is 2. The van der Waals surface area contributed by atoms with Crippen LogP contribution in [-0.2, 0) is 14.8 Å². The molecule has 0 radical (unpaired) electrons. The van der Waals surface area contributed by atoms with Gasteiger partial charge in [-0.15, -0.1) is 0 Å². The fourth-order valence-corrected chi connectivity index (χ4v) is 2.93. The molecule has 0 bridgehead atoms. The number of nitrogens with zero attached hydrogens (tertiary/aromatic N) is 2. The lowest BCUT2D eigenvalue weighted by atomic mass is 10.1. The molecular formula is C14H22N4O4S. The number of pyridine rings is 1. The third kappa shape index (κ3) is 5.59. The highest BCUT2D eigenvalue weighted by molar-refractivity contribution is 7.92. The van der Waals surface area contributed by atoms with Gasteiger partial charge in [0.2, 0.25) is 10.0 Å². The molecule has 0 saturated carbocycles. The molecule has 2 rings (SSSR count). The maximum absolute atomic E-state index is 11.6. The average molecular weight is 342 g/mol. The molecule has 0 unspecified atom stereocenters. The van der Waals surface area contributed by atoms with Gasteiger partial charge in [0, 0.05) is 19.1 Å². The van der Waals surface area contributed by atoms with Gasteiger partial charge in [-0.25, -0.2) is 18.2 Å². The second-order valence-electron chi connectivity index (χ2n) is 5.41. The van der Waals surface area contributed by atoms with Gasteiger partial charge in [0.15, 0.2) is 0 Å². The lowest BCUT2D eigenvalue weighted by molar-refractivity contribution is 0.0983. The number of rotatable bonds is 5. The largest absolute Gasteiger partial charge is 0.450 e. The Labute approximate surface area is 136 Å². The van der Waals surface area contributed by atoms with E-state index in [1.54, 1.807) is 24.0 Å². The molecule has 2 heterocycles. The molecular weight excluding hydrogens is 320 g/mol. The quantitative estimate of drug-likeness (QED) is 0.841. The van der Waals surface area contributed by atoms with Crippen molar-refractivity contribution in [3.8, 4) is 0 Å². The molecule has 23 heavy (non-hydrogen) atoms. The number of hydrogen-bond acceptors (Lipinski definition) is 6. The highest BCUT2D eigenvalue weighted by Gasteiger charge is 2.23. The topological polar surface area (TPSA) is 101 Å². The minimum absolute atomic E-state index is 0.224. The zero-order chi connectivity index (χ0) is 16.9. The van der Waals surface area contributed by atoms with E-state index in [0.717, 1.165) is 19.1 Å². The second kappa shape index (κ2) is 7.49. The van der Waals surface area contributed by atoms with Crippen molar-refractivity contribution in [2.24, 2.45) is 0 Å². The Morgan fingerprint density at radius 1 is 1.39 bits per heavy atom. The summed E-state index contributed by atoms with van der Waals surface area (Å²) in [4.78, 5) is 17.5. The summed E-state index contributed by atoms with van der Waals surface area (Å²) in [7, 11) is -3.30. The third-order valence-electron chi connectivity index (χ3n) is 3.44. The first kappa shape index (κ1) is 17.3. The molecule has 0 aliphatic carbocycles. The summed E-state index contributed by atoms with van der Waals surface area (Å²) in [6, 6.07) is 3.61. The SMILES string of the molecule is CCOC(=O)N1CCC(Nc2ccc(NS(C)(=O)=O)cn2)CC1. The molecule has 1 amide bonds. The first-order valence-corrected chi connectivity index (χ1v) is 9.38. The number of likely N-dealkylation sites (tertiary alicyclic amines) is 1. The van der Waals surface area contributed by atoms with Gasteiger partial charge in [-0.2, -0.15) is 0 Å². The average Bonchev–Trinajstić information content (AvgIpc) is 2.49. The van der Waals surface area contributed by atoms with Crippen molar-refractivity contribution in [2.45, 2.75) is 25.8 Å². The van der Waals surface area contributed by atoms with Gasteiger partial charge < -0.3 is 15.0 Å². The number of anilines is 2. The number of carbonyl (C=O) groups is 1. The summed E-state index contributed by atoms with van der Waals surface area (Å²) in [6.45, 7) is 3.46. The van der Waals surface area contributed by atoms with E-state index in [0.29, 0.717) is 31.2 Å². The number of nitrogens with one attached hydrogen (secondary N) is 2. The molecule has 1 aromatic rings. The van der Waals surface area contributed by atoms with E-state index in [4.69, 9.17) is 4.74 Å². The molecule has 1 fully saturated rings. The summed E-state index contributed by atoms with van der Waals surface area (Å²) in [6.07, 6.45) is 3.92. The Kier molecular flexibility index (Phi) is 5.64. The predicted octanol–water partition coefficient (Wildman–Crippen LogP) is 1.49. The molecule has 8 nitrogen and oxygen atoms in total. The maximum Gasteiger partial charge on any atom is 0.409 e. The number of carbonyl (C=O) groups excluding carboxylic acids is 1. The fourth-order valence-electron chi connectivity index (χ4n) is 2.38. The van der Waals surface area contributed by atoms with Crippen LogP contribution >= 0.6 is 0 Å². The monoisotopic (exact) mass is 342 g/mol. The van der Waals surface area contributed by atoms with E-state index in [2.05, 4.69) is 15.0 Å². The van der Waals surface area contributed by atoms with Gasteiger partial charge in [0.25, 0.3) is 0 Å². The van der Waals surface area contributed by atoms with Crippen LogP contribution in [0.15, 0.2) is 18.3 Å². The van der Waals surface area contributed by atoms with Crippen molar-refractivity contribution in [2.75, 3.05) is 36.0 Å². The van der Waals surface area contributed by atoms with Gasteiger partial charge in [0.05, 0.1) is 24.7 Å². The summed E-state index contributed by atoms with van der Waals surface area (Å²) in [5, 5.41) is 3.30. The van der Waals surface area contributed by atoms with E-state index in [1.807, 2.05) is 0 Å². The highest BCUT2D eigenvalue weighted by atomic mass is 32.2. The van der Waals surface area contributed by atoms with Crippen LogP contribution in [0.5, 0.6) is 0 Å². The van der Waals surface area contributed by atoms with Gasteiger partial charge >= 0.3 is 6.09 Å². The predicted molar refractivity (Wildman–Crippen MR) is 87.9 cm³/mol. The summed E-state index contributed by atoms with van der Waals surface area (Å²) in [5.74, 6) is 0.679. The van der Waals surface area contributed by atoms with Crippen molar-refractivity contribution >= 4 is 27.6 Å². The van der Waals surface area contributed by atoms with Crippen LogP contribution in [0.3, 0.4) is 0 Å². The number of ether oxygens (including phenoxy) is 1. The van der Waals surface area contributed by atoms with Crippen LogP contribution in [0.2, 0.25) is 0 Å². The number of aromatic nitrogens is 1. The molecule has 0 aromatic carbocycles. The summed E-state index contributed by atoms with van der Waals surface area (Å²) < 4.78 is 29.6. The lowest BCUT2D eigenvalue weighted by Crippen LogP contribution is -2.42. The minimum atomic E-state index is -3.30. The molecule has 2 N–H and O–H groups in total. The molecule has 1 saturated heterocycles. The van der Waals surface area contributed by atoms with Crippen LogP contribution in [0.4, 0.5) is 16.3 Å². The van der Waals surface area contributed by atoms with Crippen LogP contribution in [0, 0.1) is 0 Å². The van der Waals surface area contributed by atoms with E-state index >= 15 is 0 Å². The molecule has 9 heteroatoms. The Morgan fingerprint density at radius 2 is 2.09 bits per heavy atom. The Hall–Kier alpha value is -2.03. The Morgan fingerprint density at radius 3 is 2.61 bits per heavy atom. The normalized spacial score (nSPS) is 16.0. The minimum Gasteiger partial charge on any atom is -0.450 e. The van der Waals surface area contributed by atoms with Gasteiger partial charge in [-0.05, 0) is 31.9 Å².